The summed E-state index contributed by atoms with van der Waals surface area (Å²) < 4.78 is 58.5. The van der Waals surface area contributed by atoms with E-state index >= 15 is 0 Å². The highest BCUT2D eigenvalue weighted by Crippen LogP contribution is 2.45. The number of hydrogen-bond donors (Lipinski definition) is 0. The first kappa shape index (κ1) is 19.9. The molecule has 0 spiro atoms. The lowest BCUT2D eigenvalue weighted by molar-refractivity contribution is 0.452. The third-order valence-corrected chi connectivity index (χ3v) is 6.23. The van der Waals surface area contributed by atoms with E-state index in [0.29, 0.717) is 23.5 Å². The first-order valence-electron chi connectivity index (χ1n) is 10.2. The molecule has 0 nitrogen and oxygen atoms in total. The molecule has 4 rings (SSSR count). The van der Waals surface area contributed by atoms with E-state index in [1.807, 2.05) is 19.1 Å². The molecule has 152 valence electrons. The van der Waals surface area contributed by atoms with Gasteiger partial charge in [-0.2, -0.15) is 0 Å². The van der Waals surface area contributed by atoms with Gasteiger partial charge in [-0.15, -0.1) is 0 Å². The van der Waals surface area contributed by atoms with Crippen LogP contribution in [0.25, 0.3) is 16.7 Å². The van der Waals surface area contributed by atoms with Crippen LogP contribution in [0.3, 0.4) is 0 Å². The quantitative estimate of drug-likeness (QED) is 0.311. The van der Waals surface area contributed by atoms with Gasteiger partial charge in [0.25, 0.3) is 0 Å². The summed E-state index contributed by atoms with van der Waals surface area (Å²) in [6, 6.07) is 3.16. The van der Waals surface area contributed by atoms with Gasteiger partial charge >= 0.3 is 0 Å². The average molecular weight is 400 g/mol. The smallest absolute Gasteiger partial charge is 0.167 e. The zero-order chi connectivity index (χ0) is 20.7. The van der Waals surface area contributed by atoms with Crippen LogP contribution in [0.4, 0.5) is 17.6 Å². The van der Waals surface area contributed by atoms with Crippen molar-refractivity contribution < 1.29 is 17.6 Å². The SMILES string of the molecule is C/C=C/CCC1CC=C(c2cc3c(c(F)c2F)-c2c(cc(C)c(F)c2F)C3)CC1. The lowest BCUT2D eigenvalue weighted by Crippen LogP contribution is -2.07. The summed E-state index contributed by atoms with van der Waals surface area (Å²) in [7, 11) is 0. The van der Waals surface area contributed by atoms with E-state index in [1.165, 1.54) is 13.0 Å². The van der Waals surface area contributed by atoms with Gasteiger partial charge in [-0.1, -0.05) is 24.3 Å². The molecule has 0 aliphatic heterocycles. The Labute approximate surface area is 169 Å². The third-order valence-electron chi connectivity index (χ3n) is 6.23. The molecule has 0 saturated heterocycles. The summed E-state index contributed by atoms with van der Waals surface area (Å²) >= 11 is 0. The van der Waals surface area contributed by atoms with Gasteiger partial charge in [0.15, 0.2) is 23.3 Å². The molecule has 0 aromatic heterocycles. The third kappa shape index (κ3) is 3.43. The molecule has 0 heterocycles. The molecule has 2 aromatic rings. The van der Waals surface area contributed by atoms with Gasteiger partial charge in [0.2, 0.25) is 0 Å². The van der Waals surface area contributed by atoms with Gasteiger partial charge in [0.1, 0.15) is 0 Å². The van der Waals surface area contributed by atoms with Crippen LogP contribution in [-0.2, 0) is 6.42 Å². The molecule has 0 N–H and O–H groups in total. The maximum atomic E-state index is 15.0. The second kappa shape index (κ2) is 7.81. The number of aryl methyl sites for hydroxylation is 1. The van der Waals surface area contributed by atoms with Crippen molar-refractivity contribution in [3.63, 3.8) is 0 Å². The van der Waals surface area contributed by atoms with Gasteiger partial charge in [-0.3, -0.25) is 0 Å². The fraction of sp³-hybridized carbons (Fsp3) is 0.360. The zero-order valence-corrected chi connectivity index (χ0v) is 16.7. The second-order valence-corrected chi connectivity index (χ2v) is 8.13. The van der Waals surface area contributed by atoms with E-state index in [-0.39, 0.29) is 28.7 Å². The van der Waals surface area contributed by atoms with Crippen molar-refractivity contribution in [1.29, 1.82) is 0 Å². The molecule has 4 heteroatoms. The van der Waals surface area contributed by atoms with Crippen molar-refractivity contribution >= 4 is 5.57 Å². The topological polar surface area (TPSA) is 0 Å². The van der Waals surface area contributed by atoms with E-state index in [4.69, 9.17) is 0 Å². The van der Waals surface area contributed by atoms with Crippen molar-refractivity contribution in [2.45, 2.75) is 52.4 Å². The Hall–Kier alpha value is -2.36. The van der Waals surface area contributed by atoms with Crippen LogP contribution in [0.5, 0.6) is 0 Å². The Balaban J connectivity index is 1.68. The Morgan fingerprint density at radius 3 is 2.31 bits per heavy atom. The van der Waals surface area contributed by atoms with Crippen LogP contribution in [0, 0.1) is 36.1 Å². The molecule has 0 radical (unpaired) electrons. The Kier molecular flexibility index (Phi) is 5.37. The summed E-state index contributed by atoms with van der Waals surface area (Å²) in [6.07, 6.45) is 11.1. The number of hydrogen-bond acceptors (Lipinski definition) is 0. The largest absolute Gasteiger partial charge is 0.203 e. The van der Waals surface area contributed by atoms with Gasteiger partial charge in [0.05, 0.1) is 0 Å². The molecule has 0 amide bonds. The monoisotopic (exact) mass is 400 g/mol. The standard InChI is InChI=1S/C25H24F4/c1-3-4-5-6-15-7-9-16(10-8-15)19-13-18-12-17-11-14(2)22(26)24(28)20(17)21(18)25(29)23(19)27/h3-4,9,11,13,15H,5-8,10,12H2,1-2H3/b4-3+. The van der Waals surface area contributed by atoms with Crippen molar-refractivity contribution in [2.75, 3.05) is 0 Å². The average Bonchev–Trinajstić information content (AvgIpc) is 3.08. The van der Waals surface area contributed by atoms with Crippen LogP contribution in [0.15, 0.2) is 30.4 Å². The van der Waals surface area contributed by atoms with Crippen molar-refractivity contribution in [3.8, 4) is 11.1 Å². The Morgan fingerprint density at radius 1 is 0.966 bits per heavy atom. The first-order chi connectivity index (χ1) is 13.9. The zero-order valence-electron chi connectivity index (χ0n) is 16.7. The van der Waals surface area contributed by atoms with E-state index in [0.717, 1.165) is 31.3 Å². The molecule has 29 heavy (non-hydrogen) atoms. The molecular formula is C25H24F4. The second-order valence-electron chi connectivity index (χ2n) is 8.13. The van der Waals surface area contributed by atoms with Crippen LogP contribution >= 0.6 is 0 Å². The van der Waals surface area contributed by atoms with Crippen LogP contribution in [0.1, 0.15) is 61.3 Å². The normalized spacial score (nSPS) is 18.1. The van der Waals surface area contributed by atoms with E-state index < -0.39 is 23.3 Å². The molecule has 0 saturated carbocycles. The highest BCUT2D eigenvalue weighted by Gasteiger charge is 2.32. The number of halogens is 4. The molecule has 0 fully saturated rings. The number of fused-ring (bicyclic) bond motifs is 3. The highest BCUT2D eigenvalue weighted by atomic mass is 19.2. The molecule has 2 aromatic carbocycles. The number of rotatable bonds is 4. The predicted octanol–water partition coefficient (Wildman–Crippen LogP) is 7.66. The summed E-state index contributed by atoms with van der Waals surface area (Å²) in [6.45, 7) is 3.48. The Morgan fingerprint density at radius 2 is 1.66 bits per heavy atom. The van der Waals surface area contributed by atoms with Crippen LogP contribution in [-0.4, -0.2) is 0 Å². The maximum absolute atomic E-state index is 15.0. The fourth-order valence-corrected chi connectivity index (χ4v) is 4.65. The molecule has 1 atom stereocenters. The van der Waals surface area contributed by atoms with Crippen molar-refractivity contribution in [1.82, 2.24) is 0 Å². The minimum atomic E-state index is -1.09. The van der Waals surface area contributed by atoms with Gasteiger partial charge in [-0.05, 0) is 86.6 Å². The summed E-state index contributed by atoms with van der Waals surface area (Å²) in [5.74, 6) is -3.57. The van der Waals surface area contributed by atoms with Gasteiger partial charge < -0.3 is 0 Å². The van der Waals surface area contributed by atoms with Gasteiger partial charge in [-0.25, -0.2) is 17.6 Å². The summed E-state index contributed by atoms with van der Waals surface area (Å²) in [4.78, 5) is 0. The lowest BCUT2D eigenvalue weighted by atomic mass is 9.83. The first-order valence-corrected chi connectivity index (χ1v) is 10.2. The molecule has 2 aliphatic rings. The number of benzene rings is 2. The molecular weight excluding hydrogens is 376 g/mol. The summed E-state index contributed by atoms with van der Waals surface area (Å²) in [5, 5.41) is 0. The number of allylic oxidation sites excluding steroid dienone is 4. The summed E-state index contributed by atoms with van der Waals surface area (Å²) in [5.41, 5.74) is 2.02. The van der Waals surface area contributed by atoms with Crippen LogP contribution < -0.4 is 0 Å². The predicted molar refractivity (Wildman–Crippen MR) is 109 cm³/mol. The van der Waals surface area contributed by atoms with E-state index in [1.54, 1.807) is 6.07 Å². The maximum Gasteiger partial charge on any atom is 0.167 e. The minimum absolute atomic E-state index is 0.127. The van der Waals surface area contributed by atoms with Crippen molar-refractivity contribution in [2.24, 2.45) is 5.92 Å². The van der Waals surface area contributed by atoms with E-state index in [9.17, 15) is 17.6 Å². The fourth-order valence-electron chi connectivity index (χ4n) is 4.65. The van der Waals surface area contributed by atoms with Crippen molar-refractivity contribution in [3.05, 3.63) is 75.9 Å². The van der Waals surface area contributed by atoms with E-state index in [2.05, 4.69) is 6.08 Å². The lowest BCUT2D eigenvalue weighted by Gasteiger charge is -2.22. The highest BCUT2D eigenvalue weighted by molar-refractivity contribution is 5.81. The Bertz CT molecular complexity index is 1030. The molecule has 1 unspecified atom stereocenters. The minimum Gasteiger partial charge on any atom is -0.203 e. The van der Waals surface area contributed by atoms with Crippen LogP contribution in [0.2, 0.25) is 0 Å². The van der Waals surface area contributed by atoms with Gasteiger partial charge in [0, 0.05) is 16.7 Å². The molecule has 0 bridgehead atoms. The molecule has 2 aliphatic carbocycles.